The molecule has 0 aliphatic carbocycles. The summed E-state index contributed by atoms with van der Waals surface area (Å²) < 4.78 is 32.9. The molecule has 0 saturated carbocycles. The average molecular weight is 502 g/mol. The van der Waals surface area contributed by atoms with E-state index in [1.165, 1.54) is 12.1 Å². The number of halogens is 1. The van der Waals surface area contributed by atoms with Crippen molar-refractivity contribution in [3.05, 3.63) is 72.3 Å². The molecule has 3 aromatic carbocycles. The van der Waals surface area contributed by atoms with E-state index in [4.69, 9.17) is 18.9 Å². The van der Waals surface area contributed by atoms with Crippen LogP contribution in [0.1, 0.15) is 5.56 Å². The molecule has 0 atom stereocenters. The van der Waals surface area contributed by atoms with Crippen LogP contribution in [0.4, 0.5) is 4.39 Å². The number of methoxy groups -OCH3 is 2. The number of nitrogens with zero attached hydrogens (tertiary/aromatic N) is 5. The standard InChI is InChI=1S/C28H28FN5O3/c1-33(10-11-35-3)16-18-12-24-26(25(13-18)36-4)37-28(31-24)20-7-5-6-19(14-20)22-9-8-21(29)15-23(22)27-32-30-17-34(27)2/h5-9,12-15,17H,10-11,16H2,1-4H3. The molecule has 0 aliphatic rings. The van der Waals surface area contributed by atoms with Gasteiger partial charge in [0, 0.05) is 38.4 Å². The van der Waals surface area contributed by atoms with Gasteiger partial charge in [0.1, 0.15) is 17.7 Å². The minimum absolute atomic E-state index is 0.340. The van der Waals surface area contributed by atoms with E-state index in [-0.39, 0.29) is 5.82 Å². The van der Waals surface area contributed by atoms with Crippen LogP contribution in [-0.2, 0) is 18.3 Å². The third kappa shape index (κ3) is 5.09. The number of fused-ring (bicyclic) bond motifs is 1. The summed E-state index contributed by atoms with van der Waals surface area (Å²) in [5.74, 6) is 1.34. The zero-order chi connectivity index (χ0) is 25.9. The van der Waals surface area contributed by atoms with Crippen LogP contribution in [0.2, 0.25) is 0 Å². The van der Waals surface area contributed by atoms with Crippen molar-refractivity contribution in [1.29, 1.82) is 0 Å². The molecule has 2 heterocycles. The Kier molecular flexibility index (Phi) is 6.98. The fourth-order valence-corrected chi connectivity index (χ4v) is 4.36. The van der Waals surface area contributed by atoms with Crippen LogP contribution in [-0.4, -0.2) is 59.1 Å². The Bertz CT molecular complexity index is 1540. The van der Waals surface area contributed by atoms with E-state index in [0.717, 1.165) is 40.9 Å². The molecule has 0 radical (unpaired) electrons. The molecule has 0 N–H and O–H groups in total. The Morgan fingerprint density at radius 2 is 1.86 bits per heavy atom. The minimum atomic E-state index is -0.340. The molecule has 2 aromatic heterocycles. The second kappa shape index (κ2) is 10.5. The summed E-state index contributed by atoms with van der Waals surface area (Å²) in [7, 11) is 7.19. The Morgan fingerprint density at radius 1 is 1.03 bits per heavy atom. The van der Waals surface area contributed by atoms with Crippen molar-refractivity contribution in [2.24, 2.45) is 7.05 Å². The lowest BCUT2D eigenvalue weighted by molar-refractivity contribution is 0.158. The summed E-state index contributed by atoms with van der Waals surface area (Å²) in [6.45, 7) is 2.20. The number of hydrogen-bond donors (Lipinski definition) is 0. The van der Waals surface area contributed by atoms with Crippen LogP contribution in [0, 0.1) is 5.82 Å². The molecule has 9 heteroatoms. The quantitative estimate of drug-likeness (QED) is 0.275. The normalized spacial score (nSPS) is 11.5. The molecule has 0 bridgehead atoms. The molecule has 5 rings (SSSR count). The van der Waals surface area contributed by atoms with Crippen molar-refractivity contribution < 1.29 is 18.3 Å². The van der Waals surface area contributed by atoms with Crippen molar-refractivity contribution in [1.82, 2.24) is 24.6 Å². The van der Waals surface area contributed by atoms with Gasteiger partial charge in [0.2, 0.25) is 5.89 Å². The predicted octanol–water partition coefficient (Wildman–Crippen LogP) is 5.18. The van der Waals surface area contributed by atoms with Crippen LogP contribution in [0.3, 0.4) is 0 Å². The summed E-state index contributed by atoms with van der Waals surface area (Å²) >= 11 is 0. The van der Waals surface area contributed by atoms with Gasteiger partial charge in [-0.1, -0.05) is 18.2 Å². The molecule has 0 saturated heterocycles. The van der Waals surface area contributed by atoms with Crippen molar-refractivity contribution in [2.45, 2.75) is 6.54 Å². The topological polar surface area (TPSA) is 78.4 Å². The number of hydrogen-bond acceptors (Lipinski definition) is 7. The fourth-order valence-electron chi connectivity index (χ4n) is 4.36. The fraction of sp³-hybridized carbons (Fsp3) is 0.250. The number of ether oxygens (including phenoxy) is 2. The van der Waals surface area contributed by atoms with Gasteiger partial charge >= 0.3 is 0 Å². The highest BCUT2D eigenvalue weighted by atomic mass is 19.1. The van der Waals surface area contributed by atoms with Crippen LogP contribution in [0.5, 0.6) is 5.75 Å². The van der Waals surface area contributed by atoms with Gasteiger partial charge in [0.05, 0.1) is 13.7 Å². The zero-order valence-corrected chi connectivity index (χ0v) is 21.2. The number of aromatic nitrogens is 4. The Balaban J connectivity index is 1.53. The first-order valence-electron chi connectivity index (χ1n) is 11.9. The molecule has 0 amide bonds. The second-order valence-corrected chi connectivity index (χ2v) is 8.93. The third-order valence-electron chi connectivity index (χ3n) is 6.22. The van der Waals surface area contributed by atoms with Gasteiger partial charge in [0.15, 0.2) is 17.2 Å². The van der Waals surface area contributed by atoms with Crippen LogP contribution < -0.4 is 4.74 Å². The Labute approximate surface area is 214 Å². The van der Waals surface area contributed by atoms with Crippen molar-refractivity contribution in [3.8, 4) is 39.7 Å². The van der Waals surface area contributed by atoms with E-state index in [0.29, 0.717) is 35.2 Å². The van der Waals surface area contributed by atoms with E-state index in [1.54, 1.807) is 31.2 Å². The van der Waals surface area contributed by atoms with Crippen molar-refractivity contribution in [3.63, 3.8) is 0 Å². The van der Waals surface area contributed by atoms with Gasteiger partial charge in [-0.05, 0) is 60.1 Å². The molecule has 37 heavy (non-hydrogen) atoms. The molecule has 0 spiro atoms. The molecule has 0 unspecified atom stereocenters. The molecule has 190 valence electrons. The maximum atomic E-state index is 14.2. The first-order valence-corrected chi connectivity index (χ1v) is 11.9. The number of rotatable bonds is 9. The number of oxazole rings is 1. The van der Waals surface area contributed by atoms with E-state index < -0.39 is 0 Å². The molecular formula is C28H28FN5O3. The summed E-state index contributed by atoms with van der Waals surface area (Å²) in [6, 6.07) is 16.5. The molecule has 0 aliphatic heterocycles. The van der Waals surface area contributed by atoms with Crippen LogP contribution in [0.25, 0.3) is 45.1 Å². The van der Waals surface area contributed by atoms with E-state index >= 15 is 0 Å². The summed E-state index contributed by atoms with van der Waals surface area (Å²) in [6.07, 6.45) is 1.59. The van der Waals surface area contributed by atoms with Crippen molar-refractivity contribution >= 4 is 11.1 Å². The monoisotopic (exact) mass is 501 g/mol. The average Bonchev–Trinajstić information content (AvgIpc) is 3.53. The Hall–Kier alpha value is -4.08. The summed E-state index contributed by atoms with van der Waals surface area (Å²) in [4.78, 5) is 6.95. The van der Waals surface area contributed by atoms with Gasteiger partial charge < -0.3 is 18.5 Å². The number of benzene rings is 3. The van der Waals surface area contributed by atoms with E-state index in [1.807, 2.05) is 50.5 Å². The Morgan fingerprint density at radius 3 is 2.62 bits per heavy atom. The largest absolute Gasteiger partial charge is 0.493 e. The smallest absolute Gasteiger partial charge is 0.227 e. The highest BCUT2D eigenvalue weighted by molar-refractivity contribution is 5.85. The summed E-state index contributed by atoms with van der Waals surface area (Å²) in [5, 5.41) is 8.13. The highest BCUT2D eigenvalue weighted by Gasteiger charge is 2.17. The predicted molar refractivity (Wildman–Crippen MR) is 140 cm³/mol. The van der Waals surface area contributed by atoms with Crippen molar-refractivity contribution in [2.75, 3.05) is 34.4 Å². The number of likely N-dealkylation sites (N-methyl/N-ethyl adjacent to an activating group) is 1. The highest BCUT2D eigenvalue weighted by Crippen LogP contribution is 2.36. The lowest BCUT2D eigenvalue weighted by atomic mass is 9.97. The maximum absolute atomic E-state index is 14.2. The zero-order valence-electron chi connectivity index (χ0n) is 21.2. The lowest BCUT2D eigenvalue weighted by Gasteiger charge is -2.16. The van der Waals surface area contributed by atoms with Gasteiger partial charge in [0.25, 0.3) is 0 Å². The van der Waals surface area contributed by atoms with Gasteiger partial charge in [-0.25, -0.2) is 9.37 Å². The second-order valence-electron chi connectivity index (χ2n) is 8.93. The van der Waals surface area contributed by atoms with Gasteiger partial charge in [-0.3, -0.25) is 4.90 Å². The van der Waals surface area contributed by atoms with Crippen LogP contribution >= 0.6 is 0 Å². The minimum Gasteiger partial charge on any atom is -0.493 e. The first-order chi connectivity index (χ1) is 18.0. The molecular weight excluding hydrogens is 473 g/mol. The molecule has 0 fully saturated rings. The molecule has 5 aromatic rings. The van der Waals surface area contributed by atoms with E-state index in [9.17, 15) is 4.39 Å². The van der Waals surface area contributed by atoms with Crippen LogP contribution in [0.15, 0.2) is 65.3 Å². The summed E-state index contributed by atoms with van der Waals surface area (Å²) in [5.41, 5.74) is 5.53. The third-order valence-corrected chi connectivity index (χ3v) is 6.22. The van der Waals surface area contributed by atoms with Gasteiger partial charge in [-0.2, -0.15) is 0 Å². The SMILES string of the molecule is COCCN(C)Cc1cc(OC)c2oc(-c3cccc(-c4ccc(F)cc4-c4nncn4C)c3)nc2c1. The number of aryl methyl sites for hydroxylation is 1. The molecule has 8 nitrogen and oxygen atoms in total. The first kappa shape index (κ1) is 24.6. The lowest BCUT2D eigenvalue weighted by Crippen LogP contribution is -2.22. The maximum Gasteiger partial charge on any atom is 0.227 e. The van der Waals surface area contributed by atoms with Gasteiger partial charge in [-0.15, -0.1) is 10.2 Å². The van der Waals surface area contributed by atoms with E-state index in [2.05, 4.69) is 15.1 Å².